The van der Waals surface area contributed by atoms with Crippen LogP contribution in [0.5, 0.6) is 0 Å². The van der Waals surface area contributed by atoms with Gasteiger partial charge in [0.15, 0.2) is 0 Å². The van der Waals surface area contributed by atoms with Gasteiger partial charge < -0.3 is 10.4 Å². The third kappa shape index (κ3) is 1.84. The SMILES string of the molecule is Cn1nnnc1NCC1(CCO)CC1. The highest BCUT2D eigenvalue weighted by Crippen LogP contribution is 2.48. The number of nitrogens with one attached hydrogen (secondary N) is 1. The predicted octanol–water partition coefficient (Wildman–Crippen LogP) is -0.215. The van der Waals surface area contributed by atoms with Gasteiger partial charge in [-0.15, -0.1) is 0 Å². The van der Waals surface area contributed by atoms with E-state index in [0.29, 0.717) is 11.4 Å². The smallest absolute Gasteiger partial charge is 0.242 e. The van der Waals surface area contributed by atoms with Gasteiger partial charge in [-0.25, -0.2) is 4.68 Å². The lowest BCUT2D eigenvalue weighted by Gasteiger charge is -2.13. The predicted molar refractivity (Wildman–Crippen MR) is 50.7 cm³/mol. The van der Waals surface area contributed by atoms with E-state index in [9.17, 15) is 0 Å². The normalized spacial score (nSPS) is 18.1. The number of nitrogens with zero attached hydrogens (tertiary/aromatic N) is 4. The molecule has 78 valence electrons. The Morgan fingerprint density at radius 3 is 2.86 bits per heavy atom. The number of tetrazole rings is 1. The lowest BCUT2D eigenvalue weighted by molar-refractivity contribution is 0.253. The van der Waals surface area contributed by atoms with Crippen molar-refractivity contribution in [1.82, 2.24) is 20.2 Å². The van der Waals surface area contributed by atoms with Gasteiger partial charge in [0.25, 0.3) is 0 Å². The zero-order valence-electron chi connectivity index (χ0n) is 8.27. The third-order valence-corrected chi connectivity index (χ3v) is 2.84. The number of anilines is 1. The van der Waals surface area contributed by atoms with Crippen LogP contribution in [0.2, 0.25) is 0 Å². The molecule has 1 saturated carbocycles. The minimum atomic E-state index is 0.263. The molecule has 0 atom stereocenters. The molecule has 0 radical (unpaired) electrons. The van der Waals surface area contributed by atoms with Gasteiger partial charge in [-0.3, -0.25) is 0 Å². The highest BCUT2D eigenvalue weighted by molar-refractivity contribution is 5.22. The zero-order valence-corrected chi connectivity index (χ0v) is 8.27. The van der Waals surface area contributed by atoms with Gasteiger partial charge in [0.1, 0.15) is 0 Å². The molecule has 6 heteroatoms. The van der Waals surface area contributed by atoms with Crippen molar-refractivity contribution in [2.24, 2.45) is 12.5 Å². The minimum absolute atomic E-state index is 0.263. The summed E-state index contributed by atoms with van der Waals surface area (Å²) in [5, 5.41) is 23.2. The van der Waals surface area contributed by atoms with Crippen LogP contribution in [0.15, 0.2) is 0 Å². The van der Waals surface area contributed by atoms with Crippen molar-refractivity contribution in [1.29, 1.82) is 0 Å². The fourth-order valence-electron chi connectivity index (χ4n) is 1.57. The van der Waals surface area contributed by atoms with Gasteiger partial charge in [0, 0.05) is 20.2 Å². The van der Waals surface area contributed by atoms with Crippen LogP contribution in [0, 0.1) is 5.41 Å². The lowest BCUT2D eigenvalue weighted by atomic mass is 10.0. The van der Waals surface area contributed by atoms with Gasteiger partial charge in [0.2, 0.25) is 5.95 Å². The molecule has 1 heterocycles. The number of aryl methyl sites for hydroxylation is 1. The van der Waals surface area contributed by atoms with Crippen LogP contribution >= 0.6 is 0 Å². The van der Waals surface area contributed by atoms with Gasteiger partial charge in [0.05, 0.1) is 0 Å². The first-order valence-electron chi connectivity index (χ1n) is 4.83. The van der Waals surface area contributed by atoms with Gasteiger partial charge >= 0.3 is 0 Å². The first-order chi connectivity index (χ1) is 6.76. The van der Waals surface area contributed by atoms with Crippen LogP contribution in [0.25, 0.3) is 0 Å². The maximum Gasteiger partial charge on any atom is 0.242 e. The largest absolute Gasteiger partial charge is 0.396 e. The summed E-state index contributed by atoms with van der Waals surface area (Å²) in [6.07, 6.45) is 3.24. The summed E-state index contributed by atoms with van der Waals surface area (Å²) in [7, 11) is 1.80. The molecule has 0 aliphatic heterocycles. The number of hydrogen-bond acceptors (Lipinski definition) is 5. The molecule has 0 saturated heterocycles. The van der Waals surface area contributed by atoms with Crippen molar-refractivity contribution >= 4 is 5.95 Å². The quantitative estimate of drug-likeness (QED) is 0.682. The summed E-state index contributed by atoms with van der Waals surface area (Å²) in [5.74, 6) is 0.689. The van der Waals surface area contributed by atoms with Crippen molar-refractivity contribution in [2.75, 3.05) is 18.5 Å². The van der Waals surface area contributed by atoms with E-state index in [0.717, 1.165) is 13.0 Å². The molecular formula is C8H15N5O. The number of aliphatic hydroxyl groups is 1. The summed E-state index contributed by atoms with van der Waals surface area (Å²) in [4.78, 5) is 0. The average molecular weight is 197 g/mol. The molecular weight excluding hydrogens is 182 g/mol. The molecule has 0 bridgehead atoms. The summed E-state index contributed by atoms with van der Waals surface area (Å²) >= 11 is 0. The average Bonchev–Trinajstić information content (AvgIpc) is 2.81. The number of hydrogen-bond donors (Lipinski definition) is 2. The molecule has 14 heavy (non-hydrogen) atoms. The second-order valence-corrected chi connectivity index (χ2v) is 3.95. The Morgan fingerprint density at radius 1 is 1.57 bits per heavy atom. The first kappa shape index (κ1) is 9.39. The van der Waals surface area contributed by atoms with Crippen molar-refractivity contribution in [3.05, 3.63) is 0 Å². The molecule has 2 N–H and O–H groups in total. The Hall–Kier alpha value is -1.17. The molecule has 0 aromatic carbocycles. The number of rotatable bonds is 5. The van der Waals surface area contributed by atoms with E-state index in [4.69, 9.17) is 5.11 Å². The van der Waals surface area contributed by atoms with Crippen molar-refractivity contribution in [3.8, 4) is 0 Å². The molecule has 1 aliphatic carbocycles. The van der Waals surface area contributed by atoms with E-state index < -0.39 is 0 Å². The Balaban J connectivity index is 1.86. The van der Waals surface area contributed by atoms with Crippen LogP contribution in [0.1, 0.15) is 19.3 Å². The van der Waals surface area contributed by atoms with Crippen LogP contribution in [-0.2, 0) is 7.05 Å². The van der Waals surface area contributed by atoms with Gasteiger partial charge in [-0.05, 0) is 35.1 Å². The van der Waals surface area contributed by atoms with E-state index in [-0.39, 0.29) is 6.61 Å². The summed E-state index contributed by atoms with van der Waals surface area (Å²) in [5.41, 5.74) is 0.292. The fourth-order valence-corrected chi connectivity index (χ4v) is 1.57. The van der Waals surface area contributed by atoms with Crippen molar-refractivity contribution in [2.45, 2.75) is 19.3 Å². The number of aliphatic hydroxyl groups excluding tert-OH is 1. The van der Waals surface area contributed by atoms with E-state index in [1.165, 1.54) is 12.8 Å². The topological polar surface area (TPSA) is 75.9 Å². The lowest BCUT2D eigenvalue weighted by Crippen LogP contribution is -2.18. The third-order valence-electron chi connectivity index (χ3n) is 2.84. The van der Waals surface area contributed by atoms with Crippen molar-refractivity contribution < 1.29 is 5.11 Å². The Morgan fingerprint density at radius 2 is 2.36 bits per heavy atom. The second-order valence-electron chi connectivity index (χ2n) is 3.95. The molecule has 1 aromatic rings. The van der Waals surface area contributed by atoms with Crippen LogP contribution in [0.3, 0.4) is 0 Å². The van der Waals surface area contributed by atoms with Crippen molar-refractivity contribution in [3.63, 3.8) is 0 Å². The standard InChI is InChI=1S/C8H15N5O/c1-13-7(10-11-12-13)9-6-8(2-3-8)4-5-14/h14H,2-6H2,1H3,(H,9,10,12). The van der Waals surface area contributed by atoms with Crippen LogP contribution in [-0.4, -0.2) is 38.5 Å². The van der Waals surface area contributed by atoms with E-state index >= 15 is 0 Å². The molecule has 0 unspecified atom stereocenters. The Bertz CT molecular complexity index is 306. The zero-order chi connectivity index (χ0) is 10.0. The first-order valence-corrected chi connectivity index (χ1v) is 4.83. The molecule has 1 aromatic heterocycles. The van der Waals surface area contributed by atoms with Crippen LogP contribution in [0.4, 0.5) is 5.95 Å². The van der Waals surface area contributed by atoms with Crippen LogP contribution < -0.4 is 5.32 Å². The fraction of sp³-hybridized carbons (Fsp3) is 0.875. The molecule has 1 aliphatic rings. The summed E-state index contributed by atoms with van der Waals surface area (Å²) < 4.78 is 1.61. The minimum Gasteiger partial charge on any atom is -0.396 e. The molecule has 0 spiro atoms. The molecule has 0 amide bonds. The highest BCUT2D eigenvalue weighted by Gasteiger charge is 2.41. The van der Waals surface area contributed by atoms with Gasteiger partial charge in [-0.2, -0.15) is 0 Å². The van der Waals surface area contributed by atoms with Gasteiger partial charge in [-0.1, -0.05) is 5.10 Å². The Labute approximate surface area is 82.3 Å². The maximum absolute atomic E-state index is 8.88. The monoisotopic (exact) mass is 197 g/mol. The molecule has 6 nitrogen and oxygen atoms in total. The highest BCUT2D eigenvalue weighted by atomic mass is 16.3. The molecule has 2 rings (SSSR count). The maximum atomic E-state index is 8.88. The Kier molecular flexibility index (Phi) is 2.37. The summed E-state index contributed by atoms with van der Waals surface area (Å²) in [6.45, 7) is 1.11. The van der Waals surface area contributed by atoms with E-state index in [1.807, 2.05) is 0 Å². The number of aromatic nitrogens is 4. The summed E-state index contributed by atoms with van der Waals surface area (Å²) in [6, 6.07) is 0. The second kappa shape index (κ2) is 3.53. The van der Waals surface area contributed by atoms with E-state index in [2.05, 4.69) is 20.8 Å². The van der Waals surface area contributed by atoms with E-state index in [1.54, 1.807) is 11.7 Å². The molecule has 1 fully saturated rings.